The van der Waals surface area contributed by atoms with Crippen LogP contribution in [0.25, 0.3) is 0 Å². The summed E-state index contributed by atoms with van der Waals surface area (Å²) in [6, 6.07) is 4.60. The summed E-state index contributed by atoms with van der Waals surface area (Å²) in [6.45, 7) is 3.91. The molecule has 0 spiro atoms. The maximum absolute atomic E-state index is 10.6. The Bertz CT molecular complexity index is 360. The van der Waals surface area contributed by atoms with Crippen LogP contribution in [-0.2, 0) is 0 Å². The number of carboxylic acid groups (broad SMARTS) is 1. The number of hydrogen-bond donors (Lipinski definition) is 1. The van der Waals surface area contributed by atoms with Crippen LogP contribution in [0.3, 0.4) is 0 Å². The molecule has 1 N–H and O–H groups in total. The van der Waals surface area contributed by atoms with Crippen molar-refractivity contribution in [3.8, 4) is 5.75 Å². The molecule has 1 aromatic carbocycles. The zero-order chi connectivity index (χ0) is 10.6. The van der Waals surface area contributed by atoms with E-state index in [0.29, 0.717) is 16.8 Å². The standard InChI is InChI=1S/C10H9BrO3/c1-2-5-14-9-4-3-7(10(12)13)6-8(9)11/h2-4,6H,1,5H2,(H,12,13). The lowest BCUT2D eigenvalue weighted by atomic mass is 10.2. The summed E-state index contributed by atoms with van der Waals surface area (Å²) in [5, 5.41) is 8.70. The fourth-order valence-electron chi connectivity index (χ4n) is 0.900. The van der Waals surface area contributed by atoms with Gasteiger partial charge in [-0.25, -0.2) is 4.79 Å². The van der Waals surface area contributed by atoms with Crippen molar-refractivity contribution in [3.05, 3.63) is 40.9 Å². The molecule has 0 fully saturated rings. The molecule has 0 amide bonds. The fourth-order valence-corrected chi connectivity index (χ4v) is 1.39. The van der Waals surface area contributed by atoms with Crippen LogP contribution >= 0.6 is 15.9 Å². The van der Waals surface area contributed by atoms with E-state index in [-0.39, 0.29) is 5.56 Å². The summed E-state index contributed by atoms with van der Waals surface area (Å²) in [5.74, 6) is -0.351. The SMILES string of the molecule is C=CCOc1ccc(C(=O)O)cc1Br. The van der Waals surface area contributed by atoms with E-state index in [1.54, 1.807) is 12.1 Å². The number of carboxylic acids is 1. The third-order valence-corrected chi connectivity index (χ3v) is 2.16. The Labute approximate surface area is 90.1 Å². The number of carbonyl (C=O) groups is 1. The molecule has 0 saturated heterocycles. The number of hydrogen-bond acceptors (Lipinski definition) is 2. The van der Waals surface area contributed by atoms with Crippen molar-refractivity contribution in [3.63, 3.8) is 0 Å². The molecule has 74 valence electrons. The zero-order valence-electron chi connectivity index (χ0n) is 7.37. The normalized spacial score (nSPS) is 9.50. The average molecular weight is 257 g/mol. The fraction of sp³-hybridized carbons (Fsp3) is 0.100. The van der Waals surface area contributed by atoms with E-state index in [0.717, 1.165) is 0 Å². The monoisotopic (exact) mass is 256 g/mol. The van der Waals surface area contributed by atoms with Crippen LogP contribution < -0.4 is 4.74 Å². The minimum Gasteiger partial charge on any atom is -0.488 e. The largest absolute Gasteiger partial charge is 0.488 e. The highest BCUT2D eigenvalue weighted by Gasteiger charge is 2.06. The van der Waals surface area contributed by atoms with Gasteiger partial charge in [0.15, 0.2) is 0 Å². The summed E-state index contributed by atoms with van der Waals surface area (Å²) in [4.78, 5) is 10.6. The Morgan fingerprint density at radius 3 is 2.86 bits per heavy atom. The Morgan fingerprint density at radius 1 is 1.64 bits per heavy atom. The van der Waals surface area contributed by atoms with E-state index in [1.165, 1.54) is 12.1 Å². The molecule has 1 aromatic rings. The zero-order valence-corrected chi connectivity index (χ0v) is 8.95. The Morgan fingerprint density at radius 2 is 2.36 bits per heavy atom. The maximum atomic E-state index is 10.6. The molecule has 0 heterocycles. The molecule has 14 heavy (non-hydrogen) atoms. The highest BCUT2D eigenvalue weighted by Crippen LogP contribution is 2.25. The molecular weight excluding hydrogens is 248 g/mol. The molecule has 3 nitrogen and oxygen atoms in total. The van der Waals surface area contributed by atoms with Gasteiger partial charge in [0.25, 0.3) is 0 Å². The lowest BCUT2D eigenvalue weighted by Crippen LogP contribution is -1.98. The lowest BCUT2D eigenvalue weighted by molar-refractivity contribution is 0.0697. The first kappa shape index (κ1) is 10.8. The van der Waals surface area contributed by atoms with Crippen molar-refractivity contribution in [1.29, 1.82) is 0 Å². The number of rotatable bonds is 4. The molecule has 1 rings (SSSR count). The predicted octanol–water partition coefficient (Wildman–Crippen LogP) is 2.71. The van der Waals surface area contributed by atoms with Crippen LogP contribution in [0.5, 0.6) is 5.75 Å². The predicted molar refractivity (Wildman–Crippen MR) is 56.8 cm³/mol. The first-order chi connectivity index (χ1) is 6.65. The third-order valence-electron chi connectivity index (χ3n) is 1.54. The Hall–Kier alpha value is -1.29. The second-order valence-electron chi connectivity index (χ2n) is 2.55. The van der Waals surface area contributed by atoms with Crippen LogP contribution in [-0.4, -0.2) is 17.7 Å². The second kappa shape index (κ2) is 4.81. The van der Waals surface area contributed by atoms with Crippen LogP contribution in [0.2, 0.25) is 0 Å². The van der Waals surface area contributed by atoms with Gasteiger partial charge in [-0.15, -0.1) is 0 Å². The van der Waals surface area contributed by atoms with Gasteiger partial charge in [0, 0.05) is 0 Å². The molecule has 0 aromatic heterocycles. The highest BCUT2D eigenvalue weighted by molar-refractivity contribution is 9.10. The van der Waals surface area contributed by atoms with Crippen LogP contribution in [0.4, 0.5) is 0 Å². The van der Waals surface area contributed by atoms with Gasteiger partial charge >= 0.3 is 5.97 Å². The third kappa shape index (κ3) is 2.60. The van der Waals surface area contributed by atoms with Gasteiger partial charge in [0.2, 0.25) is 0 Å². The molecule has 0 aliphatic carbocycles. The summed E-state index contributed by atoms with van der Waals surface area (Å²) in [6.07, 6.45) is 1.62. The molecule has 0 atom stereocenters. The number of ether oxygens (including phenoxy) is 1. The van der Waals surface area contributed by atoms with Gasteiger partial charge in [-0.05, 0) is 34.1 Å². The molecule has 4 heteroatoms. The van der Waals surface area contributed by atoms with Crippen molar-refractivity contribution in [2.75, 3.05) is 6.61 Å². The van der Waals surface area contributed by atoms with Crippen molar-refractivity contribution < 1.29 is 14.6 Å². The van der Waals surface area contributed by atoms with Crippen LogP contribution in [0.1, 0.15) is 10.4 Å². The first-order valence-corrected chi connectivity index (χ1v) is 4.71. The molecule has 0 saturated carbocycles. The van der Waals surface area contributed by atoms with Gasteiger partial charge < -0.3 is 9.84 Å². The summed E-state index contributed by atoms with van der Waals surface area (Å²) in [7, 11) is 0. The molecule has 0 unspecified atom stereocenters. The van der Waals surface area contributed by atoms with Crippen molar-refractivity contribution in [2.24, 2.45) is 0 Å². The summed E-state index contributed by atoms with van der Waals surface area (Å²) >= 11 is 3.22. The van der Waals surface area contributed by atoms with Gasteiger partial charge in [0.05, 0.1) is 10.0 Å². The first-order valence-electron chi connectivity index (χ1n) is 3.91. The minimum atomic E-state index is -0.957. The molecule has 0 aliphatic heterocycles. The van der Waals surface area contributed by atoms with Gasteiger partial charge in [-0.2, -0.15) is 0 Å². The topological polar surface area (TPSA) is 46.5 Å². The Kier molecular flexibility index (Phi) is 3.71. The molecule has 0 radical (unpaired) electrons. The molecule has 0 bridgehead atoms. The van der Waals surface area contributed by atoms with E-state index in [4.69, 9.17) is 9.84 Å². The Balaban J connectivity index is 2.89. The van der Waals surface area contributed by atoms with Gasteiger partial charge in [-0.1, -0.05) is 12.7 Å². The van der Waals surface area contributed by atoms with E-state index in [1.807, 2.05) is 0 Å². The van der Waals surface area contributed by atoms with E-state index in [9.17, 15) is 4.79 Å². The minimum absolute atomic E-state index is 0.225. The number of halogens is 1. The average Bonchev–Trinajstić information content (AvgIpc) is 2.15. The smallest absolute Gasteiger partial charge is 0.335 e. The van der Waals surface area contributed by atoms with Crippen LogP contribution in [0.15, 0.2) is 35.3 Å². The lowest BCUT2D eigenvalue weighted by Gasteiger charge is -2.05. The van der Waals surface area contributed by atoms with Crippen molar-refractivity contribution in [2.45, 2.75) is 0 Å². The van der Waals surface area contributed by atoms with Crippen molar-refractivity contribution in [1.82, 2.24) is 0 Å². The van der Waals surface area contributed by atoms with E-state index >= 15 is 0 Å². The van der Waals surface area contributed by atoms with Crippen molar-refractivity contribution >= 4 is 21.9 Å². The molecule has 0 aliphatic rings. The molecular formula is C10H9BrO3. The number of benzene rings is 1. The summed E-state index contributed by atoms with van der Waals surface area (Å²) < 4.78 is 5.89. The van der Waals surface area contributed by atoms with E-state index in [2.05, 4.69) is 22.5 Å². The van der Waals surface area contributed by atoms with Crippen LogP contribution in [0, 0.1) is 0 Å². The quantitative estimate of drug-likeness (QED) is 0.843. The maximum Gasteiger partial charge on any atom is 0.335 e. The van der Waals surface area contributed by atoms with E-state index < -0.39 is 5.97 Å². The summed E-state index contributed by atoms with van der Waals surface area (Å²) in [5.41, 5.74) is 0.225. The van der Waals surface area contributed by atoms with Gasteiger partial charge in [-0.3, -0.25) is 0 Å². The second-order valence-corrected chi connectivity index (χ2v) is 3.40. The number of aromatic carboxylic acids is 1. The highest BCUT2D eigenvalue weighted by atomic mass is 79.9. The van der Waals surface area contributed by atoms with Gasteiger partial charge in [0.1, 0.15) is 12.4 Å².